The van der Waals surface area contributed by atoms with Crippen molar-refractivity contribution in [1.29, 1.82) is 0 Å². The molecule has 2 atom stereocenters. The van der Waals surface area contributed by atoms with Crippen LogP contribution in [-0.2, 0) is 4.79 Å². The predicted molar refractivity (Wildman–Crippen MR) is 112 cm³/mol. The van der Waals surface area contributed by atoms with Crippen LogP contribution in [0, 0.1) is 11.8 Å². The first-order valence-electron chi connectivity index (χ1n) is 10.2. The molecule has 1 unspecified atom stereocenters. The molecule has 0 heterocycles. The minimum Gasteiger partial charge on any atom is -0.369 e. The highest BCUT2D eigenvalue weighted by Crippen LogP contribution is 2.24. The van der Waals surface area contributed by atoms with Crippen molar-refractivity contribution in [2.24, 2.45) is 22.6 Å². The molecule has 0 aromatic heterocycles. The maximum atomic E-state index is 12.1. The van der Waals surface area contributed by atoms with E-state index in [-0.39, 0.29) is 23.8 Å². The number of carbonyl (C=O) groups excluding carboxylic acids is 2. The van der Waals surface area contributed by atoms with Crippen molar-refractivity contribution in [3.63, 3.8) is 0 Å². The molecule has 5 heteroatoms. The van der Waals surface area contributed by atoms with Gasteiger partial charge in [0.05, 0.1) is 0 Å². The predicted octanol–water partition coefficient (Wildman–Crippen LogP) is 4.69. The van der Waals surface area contributed by atoms with Gasteiger partial charge in [0.15, 0.2) is 0 Å². The van der Waals surface area contributed by atoms with Crippen molar-refractivity contribution in [2.45, 2.75) is 65.2 Å². The molecule has 5 nitrogen and oxygen atoms in total. The maximum absolute atomic E-state index is 12.1. The van der Waals surface area contributed by atoms with Gasteiger partial charge >= 0.3 is 6.03 Å². The van der Waals surface area contributed by atoms with Gasteiger partial charge < -0.3 is 11.1 Å². The number of benzene rings is 1. The number of nitrogens with zero attached hydrogens (tertiary/aromatic N) is 1. The monoisotopic (exact) mass is 373 g/mol. The first kappa shape index (κ1) is 22.9. The molecule has 0 aliphatic carbocycles. The van der Waals surface area contributed by atoms with Gasteiger partial charge in [0.1, 0.15) is 0 Å². The van der Waals surface area contributed by atoms with Crippen molar-refractivity contribution >= 4 is 18.2 Å². The third-order valence-corrected chi connectivity index (χ3v) is 4.88. The summed E-state index contributed by atoms with van der Waals surface area (Å²) < 4.78 is 0. The number of amides is 3. The molecule has 1 rings (SSSR count). The van der Waals surface area contributed by atoms with Gasteiger partial charge in [-0.05, 0) is 24.3 Å². The summed E-state index contributed by atoms with van der Waals surface area (Å²) in [6, 6.07) is 9.12. The number of rotatable bonds is 13. The summed E-state index contributed by atoms with van der Waals surface area (Å²) in [5.74, 6) is -0.372. The normalized spacial score (nSPS) is 13.4. The zero-order valence-electron chi connectivity index (χ0n) is 16.8. The molecule has 0 saturated carbocycles. The number of nitrogens with one attached hydrogen (secondary N) is 1. The molecule has 0 bridgehead atoms. The van der Waals surface area contributed by atoms with Gasteiger partial charge in [-0.3, -0.25) is 4.79 Å². The highest BCUT2D eigenvalue weighted by atomic mass is 16.2. The SMILES string of the molecule is CCCCCC(C(N)=O)[C@@H](CCCCC)CNC(=O)/N=C/c1ccccc1. The Bertz CT molecular complexity index is 572. The Kier molecular flexibility index (Phi) is 11.8. The van der Waals surface area contributed by atoms with Crippen LogP contribution in [0.1, 0.15) is 70.8 Å². The second kappa shape index (κ2) is 14.0. The second-order valence-corrected chi connectivity index (χ2v) is 7.12. The van der Waals surface area contributed by atoms with Crippen molar-refractivity contribution < 1.29 is 9.59 Å². The van der Waals surface area contributed by atoms with E-state index in [2.05, 4.69) is 24.2 Å². The molecule has 0 saturated heterocycles. The minimum absolute atomic E-state index is 0.0711. The number of hydrogen-bond donors (Lipinski definition) is 2. The molecule has 3 N–H and O–H groups in total. The van der Waals surface area contributed by atoms with Gasteiger partial charge in [0, 0.05) is 18.7 Å². The second-order valence-electron chi connectivity index (χ2n) is 7.12. The van der Waals surface area contributed by atoms with Gasteiger partial charge in [-0.25, -0.2) is 9.79 Å². The molecule has 1 aromatic carbocycles. The fourth-order valence-corrected chi connectivity index (χ4v) is 3.26. The molecule has 27 heavy (non-hydrogen) atoms. The zero-order valence-corrected chi connectivity index (χ0v) is 16.8. The van der Waals surface area contributed by atoms with E-state index in [4.69, 9.17) is 5.73 Å². The van der Waals surface area contributed by atoms with Crippen LogP contribution in [-0.4, -0.2) is 24.7 Å². The van der Waals surface area contributed by atoms with Crippen molar-refractivity contribution in [1.82, 2.24) is 5.32 Å². The number of hydrogen-bond acceptors (Lipinski definition) is 2. The van der Waals surface area contributed by atoms with Crippen LogP contribution < -0.4 is 11.1 Å². The van der Waals surface area contributed by atoms with E-state index in [1.807, 2.05) is 30.3 Å². The number of unbranched alkanes of at least 4 members (excludes halogenated alkanes) is 4. The first-order chi connectivity index (χ1) is 13.1. The maximum Gasteiger partial charge on any atom is 0.340 e. The summed E-state index contributed by atoms with van der Waals surface area (Å²) in [6.07, 6.45) is 9.73. The molecule has 150 valence electrons. The molecule has 3 amide bonds. The highest BCUT2D eigenvalue weighted by Gasteiger charge is 2.26. The van der Waals surface area contributed by atoms with E-state index in [1.54, 1.807) is 6.21 Å². The lowest BCUT2D eigenvalue weighted by atomic mass is 9.83. The van der Waals surface area contributed by atoms with E-state index in [9.17, 15) is 9.59 Å². The van der Waals surface area contributed by atoms with Gasteiger partial charge in [-0.1, -0.05) is 82.7 Å². The van der Waals surface area contributed by atoms with Crippen LogP contribution in [0.5, 0.6) is 0 Å². The molecule has 0 radical (unpaired) electrons. The first-order valence-corrected chi connectivity index (χ1v) is 10.2. The quantitative estimate of drug-likeness (QED) is 0.388. The van der Waals surface area contributed by atoms with Crippen molar-refractivity contribution in [3.05, 3.63) is 35.9 Å². The summed E-state index contributed by atoms with van der Waals surface area (Å²) >= 11 is 0. The Hall–Kier alpha value is -2.17. The minimum atomic E-state index is -0.379. The topological polar surface area (TPSA) is 84.5 Å². The molecule has 0 aliphatic rings. The average Bonchev–Trinajstić information content (AvgIpc) is 2.67. The van der Waals surface area contributed by atoms with E-state index in [1.165, 1.54) is 0 Å². The fraction of sp³-hybridized carbons (Fsp3) is 0.591. The molecule has 0 spiro atoms. The molecular weight excluding hydrogens is 338 g/mol. The van der Waals surface area contributed by atoms with E-state index >= 15 is 0 Å². The zero-order chi connectivity index (χ0) is 19.9. The molecule has 1 aromatic rings. The Morgan fingerprint density at radius 3 is 2.26 bits per heavy atom. The van der Waals surface area contributed by atoms with E-state index < -0.39 is 0 Å². The fourth-order valence-electron chi connectivity index (χ4n) is 3.26. The number of aliphatic imine (C=N–C) groups is 1. The van der Waals surface area contributed by atoms with Crippen LogP contribution in [0.3, 0.4) is 0 Å². The molecule has 0 fully saturated rings. The Labute approximate surface area is 163 Å². The van der Waals surface area contributed by atoms with Crippen LogP contribution in [0.15, 0.2) is 35.3 Å². The van der Waals surface area contributed by atoms with E-state index in [0.29, 0.717) is 6.54 Å². The van der Waals surface area contributed by atoms with Crippen molar-refractivity contribution in [2.75, 3.05) is 6.54 Å². The largest absolute Gasteiger partial charge is 0.369 e. The lowest BCUT2D eigenvalue weighted by molar-refractivity contribution is -0.123. The summed E-state index contributed by atoms with van der Waals surface area (Å²) in [5.41, 5.74) is 6.56. The molecule has 0 aliphatic heterocycles. The Morgan fingerprint density at radius 2 is 1.67 bits per heavy atom. The summed E-state index contributed by atoms with van der Waals surface area (Å²) in [7, 11) is 0. The smallest absolute Gasteiger partial charge is 0.340 e. The van der Waals surface area contributed by atoms with Gasteiger partial charge in [0.25, 0.3) is 0 Å². The van der Waals surface area contributed by atoms with Crippen LogP contribution in [0.25, 0.3) is 0 Å². The average molecular weight is 374 g/mol. The third kappa shape index (κ3) is 9.92. The molecular formula is C22H35N3O2. The number of nitrogens with two attached hydrogens (primary N) is 1. The van der Waals surface area contributed by atoms with Crippen molar-refractivity contribution in [3.8, 4) is 0 Å². The summed E-state index contributed by atoms with van der Waals surface area (Å²) in [5, 5.41) is 2.86. The lowest BCUT2D eigenvalue weighted by Crippen LogP contribution is -2.37. The van der Waals surface area contributed by atoms with Crippen LogP contribution >= 0.6 is 0 Å². The van der Waals surface area contributed by atoms with Crippen LogP contribution in [0.4, 0.5) is 4.79 Å². The van der Waals surface area contributed by atoms with Gasteiger partial charge in [0.2, 0.25) is 5.91 Å². The summed E-state index contributed by atoms with van der Waals surface area (Å²) in [6.45, 7) is 4.74. The van der Waals surface area contributed by atoms with E-state index in [0.717, 1.165) is 56.9 Å². The third-order valence-electron chi connectivity index (χ3n) is 4.88. The van der Waals surface area contributed by atoms with Gasteiger partial charge in [-0.2, -0.15) is 0 Å². The summed E-state index contributed by atoms with van der Waals surface area (Å²) in [4.78, 5) is 28.0. The Balaban J connectivity index is 2.64. The van der Waals surface area contributed by atoms with Crippen LogP contribution in [0.2, 0.25) is 0 Å². The number of carbonyl (C=O) groups is 2. The number of urea groups is 1. The lowest BCUT2D eigenvalue weighted by Gasteiger charge is -2.25. The number of primary amides is 1. The standard InChI is InChI=1S/C22H35N3O2/c1-3-5-8-14-19(20(21(23)26)15-9-6-4-2)17-25-22(27)24-16-18-12-10-7-11-13-18/h7,10-13,16,19-20H,3-6,8-9,14-15,17H2,1-2H3,(H2,23,26)(H,25,27)/b24-16+/t19-,20?/m0/s1. The Morgan fingerprint density at radius 1 is 1.04 bits per heavy atom. The van der Waals surface area contributed by atoms with Gasteiger partial charge in [-0.15, -0.1) is 0 Å². The highest BCUT2D eigenvalue weighted by molar-refractivity contribution is 5.91.